The second-order valence-electron chi connectivity index (χ2n) is 13.9. The van der Waals surface area contributed by atoms with Gasteiger partial charge in [0.15, 0.2) is 0 Å². The second-order valence-corrected chi connectivity index (χ2v) is 16.1. The van der Waals surface area contributed by atoms with Gasteiger partial charge in [-0.3, -0.25) is 0 Å². The third-order valence-corrected chi connectivity index (χ3v) is 13.5. The molecule has 7 aromatic carbocycles. The van der Waals surface area contributed by atoms with Crippen LogP contribution in [0, 0.1) is 0 Å². The Balaban J connectivity index is 1.14. The van der Waals surface area contributed by atoms with Crippen LogP contribution in [0.4, 0.5) is 0 Å². The van der Waals surface area contributed by atoms with Crippen LogP contribution < -0.4 is 0 Å². The first-order valence-electron chi connectivity index (χ1n) is 18.1. The highest BCUT2D eigenvalue weighted by Crippen LogP contribution is 2.62. The van der Waals surface area contributed by atoms with Crippen molar-refractivity contribution in [2.45, 2.75) is 37.8 Å². The van der Waals surface area contributed by atoms with Gasteiger partial charge in [-0.1, -0.05) is 145 Å². The van der Waals surface area contributed by atoms with Gasteiger partial charge in [-0.25, -0.2) is 0 Å². The Morgan fingerprint density at radius 3 is 1.85 bits per heavy atom. The summed E-state index contributed by atoms with van der Waals surface area (Å²) in [6.45, 7) is 0. The molecule has 1 aromatic heterocycles. The molecule has 1 aliphatic carbocycles. The fourth-order valence-electron chi connectivity index (χ4n) is 8.93. The van der Waals surface area contributed by atoms with Crippen LogP contribution in [-0.2, 0) is 11.8 Å². The molecule has 0 saturated heterocycles. The number of benzene rings is 7. The molecular formula is C49H33NS2. The van der Waals surface area contributed by atoms with Gasteiger partial charge in [-0.2, -0.15) is 0 Å². The zero-order valence-corrected chi connectivity index (χ0v) is 30.1. The molecule has 2 aliphatic heterocycles. The maximum Gasteiger partial charge on any atom is 0.0745 e. The van der Waals surface area contributed by atoms with Crippen molar-refractivity contribution in [3.63, 3.8) is 0 Å². The summed E-state index contributed by atoms with van der Waals surface area (Å²) in [5.74, 6) is 0. The van der Waals surface area contributed by atoms with Crippen molar-refractivity contribution >= 4 is 40.5 Å². The maximum atomic E-state index is 2.47. The lowest BCUT2D eigenvalue weighted by Crippen LogP contribution is -2.36. The van der Waals surface area contributed by atoms with Crippen LogP contribution in [0.2, 0.25) is 0 Å². The van der Waals surface area contributed by atoms with Crippen LogP contribution in [0.15, 0.2) is 189 Å². The van der Waals surface area contributed by atoms with Crippen LogP contribution in [0.3, 0.4) is 0 Å². The molecule has 1 atom stereocenters. The molecule has 0 amide bonds. The maximum absolute atomic E-state index is 2.47. The minimum atomic E-state index is -0.446. The first kappa shape index (κ1) is 30.2. The molecule has 0 radical (unpaired) electrons. The van der Waals surface area contributed by atoms with Crippen molar-refractivity contribution < 1.29 is 0 Å². The Hall–Kier alpha value is -5.48. The van der Waals surface area contributed by atoms with Gasteiger partial charge in [-0.05, 0) is 112 Å². The topological polar surface area (TPSA) is 4.93 Å². The van der Waals surface area contributed by atoms with Gasteiger partial charge in [0, 0.05) is 41.9 Å². The van der Waals surface area contributed by atoms with E-state index in [-0.39, 0.29) is 0 Å². The molecule has 11 rings (SSSR count). The van der Waals surface area contributed by atoms with Gasteiger partial charge in [0.2, 0.25) is 0 Å². The standard InChI is InChI=1S/C49H33NS2/c1-3-13-32(14-4-1)34-25-28-47-42(30-34)49(39-18-8-11-21-45(39)51-47)40-19-9-12-22-46(40)52-48-31-35(23-26-41(48)49)33-24-27-44-38(29-33)37-17-7-10-20-43(37)50(44)36-15-5-2-6-16-36/h1-9,11-19,21-31H,10,20H2. The van der Waals surface area contributed by atoms with Crippen LogP contribution in [0.5, 0.6) is 0 Å². The third-order valence-electron chi connectivity index (χ3n) is 11.2. The lowest BCUT2D eigenvalue weighted by Gasteiger charge is -2.45. The largest absolute Gasteiger partial charge is 0.313 e. The summed E-state index contributed by atoms with van der Waals surface area (Å²) in [7, 11) is 0. The average Bonchev–Trinajstić information content (AvgIpc) is 3.55. The quantitative estimate of drug-likeness (QED) is 0.181. The number of hydrogen-bond donors (Lipinski definition) is 0. The predicted molar refractivity (Wildman–Crippen MR) is 218 cm³/mol. The number of hydrogen-bond acceptors (Lipinski definition) is 2. The van der Waals surface area contributed by atoms with E-state index in [2.05, 4.69) is 181 Å². The van der Waals surface area contributed by atoms with E-state index in [0.29, 0.717) is 0 Å². The first-order valence-corrected chi connectivity index (χ1v) is 19.7. The molecule has 3 aliphatic rings. The summed E-state index contributed by atoms with van der Waals surface area (Å²) in [6, 6.07) is 61.3. The van der Waals surface area contributed by atoms with Crippen molar-refractivity contribution in [3.8, 4) is 27.9 Å². The van der Waals surface area contributed by atoms with E-state index in [1.54, 1.807) is 0 Å². The molecule has 3 heterocycles. The minimum Gasteiger partial charge on any atom is -0.313 e. The molecule has 1 spiro atoms. The van der Waals surface area contributed by atoms with E-state index in [1.165, 1.54) is 91.9 Å². The molecule has 3 heteroatoms. The Morgan fingerprint density at radius 1 is 0.462 bits per heavy atom. The molecule has 0 fully saturated rings. The van der Waals surface area contributed by atoms with Crippen LogP contribution >= 0.6 is 23.5 Å². The molecule has 8 aromatic rings. The van der Waals surface area contributed by atoms with Crippen molar-refractivity contribution in [2.75, 3.05) is 0 Å². The molecule has 0 N–H and O–H groups in total. The molecule has 246 valence electrons. The lowest BCUT2D eigenvalue weighted by atomic mass is 9.64. The van der Waals surface area contributed by atoms with Crippen LogP contribution in [-0.4, -0.2) is 4.57 Å². The summed E-state index contributed by atoms with van der Waals surface area (Å²) in [5.41, 5.74) is 15.3. The first-order chi connectivity index (χ1) is 25.8. The Morgan fingerprint density at radius 2 is 1.06 bits per heavy atom. The number of allylic oxidation sites excluding steroid dienone is 1. The van der Waals surface area contributed by atoms with Gasteiger partial charge >= 0.3 is 0 Å². The molecule has 52 heavy (non-hydrogen) atoms. The van der Waals surface area contributed by atoms with Crippen LogP contribution in [0.25, 0.3) is 44.9 Å². The van der Waals surface area contributed by atoms with E-state index >= 15 is 0 Å². The van der Waals surface area contributed by atoms with Crippen molar-refractivity contribution in [3.05, 3.63) is 203 Å². The summed E-state index contributed by atoms with van der Waals surface area (Å²) < 4.78 is 2.47. The molecule has 1 nitrogen and oxygen atoms in total. The fourth-order valence-corrected chi connectivity index (χ4v) is 11.3. The number of aromatic nitrogens is 1. The zero-order chi connectivity index (χ0) is 34.2. The Kier molecular flexibility index (Phi) is 6.83. The van der Waals surface area contributed by atoms with Gasteiger partial charge in [0.05, 0.1) is 10.9 Å². The summed E-state index contributed by atoms with van der Waals surface area (Å²) in [5, 5.41) is 1.32. The predicted octanol–water partition coefficient (Wildman–Crippen LogP) is 13.2. The molecule has 0 bridgehead atoms. The Labute approximate surface area is 312 Å². The lowest BCUT2D eigenvalue weighted by molar-refractivity contribution is 0.667. The highest BCUT2D eigenvalue weighted by Gasteiger charge is 2.48. The fraction of sp³-hybridized carbons (Fsp3) is 0.0612. The third kappa shape index (κ3) is 4.39. The average molecular weight is 700 g/mol. The van der Waals surface area contributed by atoms with E-state index < -0.39 is 5.41 Å². The Bertz CT molecular complexity index is 2730. The van der Waals surface area contributed by atoms with Gasteiger partial charge in [0.25, 0.3) is 0 Å². The number of para-hydroxylation sites is 1. The highest BCUT2D eigenvalue weighted by atomic mass is 32.2. The van der Waals surface area contributed by atoms with E-state index in [4.69, 9.17) is 0 Å². The minimum absolute atomic E-state index is 0.446. The van der Waals surface area contributed by atoms with Gasteiger partial charge in [0.1, 0.15) is 0 Å². The van der Waals surface area contributed by atoms with E-state index in [1.807, 2.05) is 23.5 Å². The van der Waals surface area contributed by atoms with Crippen molar-refractivity contribution in [1.29, 1.82) is 0 Å². The smallest absolute Gasteiger partial charge is 0.0745 e. The normalized spacial score (nSPS) is 16.5. The molecule has 0 saturated carbocycles. The van der Waals surface area contributed by atoms with Gasteiger partial charge < -0.3 is 4.57 Å². The van der Waals surface area contributed by atoms with Crippen molar-refractivity contribution in [1.82, 2.24) is 4.57 Å². The van der Waals surface area contributed by atoms with E-state index in [9.17, 15) is 0 Å². The van der Waals surface area contributed by atoms with Crippen molar-refractivity contribution in [2.24, 2.45) is 0 Å². The molecule has 1 unspecified atom stereocenters. The van der Waals surface area contributed by atoms with Crippen LogP contribution in [0.1, 0.15) is 39.9 Å². The zero-order valence-electron chi connectivity index (χ0n) is 28.4. The number of nitrogens with zero attached hydrogens (tertiary/aromatic N) is 1. The van der Waals surface area contributed by atoms with Gasteiger partial charge in [-0.15, -0.1) is 0 Å². The number of rotatable bonds is 3. The summed E-state index contributed by atoms with van der Waals surface area (Å²) in [6.07, 6.45) is 6.80. The van der Waals surface area contributed by atoms with E-state index in [0.717, 1.165) is 12.8 Å². The number of fused-ring (bicyclic) bond motifs is 11. The SMILES string of the molecule is C1=Cc2c(n(-c3ccccc3)c3ccc(-c4ccc5c(c4)Sc4ccccc4C54c5ccccc5Sc5ccc(-c6ccccc6)cc54)cc23)CC1. The highest BCUT2D eigenvalue weighted by molar-refractivity contribution is 8.00. The summed E-state index contributed by atoms with van der Waals surface area (Å²) in [4.78, 5) is 5.28. The molecular weight excluding hydrogens is 667 g/mol. The summed E-state index contributed by atoms with van der Waals surface area (Å²) >= 11 is 3.82. The second kappa shape index (κ2) is 11.8. The monoisotopic (exact) mass is 699 g/mol.